The Hall–Kier alpha value is -4.53. The van der Waals surface area contributed by atoms with Crippen molar-refractivity contribution in [3.63, 3.8) is 0 Å². The molecule has 7 nitrogen and oxygen atoms in total. The molecular formula is C25H20F2N4O3. The maximum Gasteiger partial charge on any atom is 0.255 e. The standard InChI is InChI=1S/C25H20F2N4O3/c1-34-22-5-3-2-4-18(22)25(33)29-13-15-6-8-16(9-7-15)23-19(14-32)24(28)31(30-23)21-12-17(26)10-11-20(21)27/h2-12,14H,13,28H2,1H3,(H,29,33). The number of aromatic nitrogens is 2. The Balaban J connectivity index is 1.57. The first-order valence-electron chi connectivity index (χ1n) is 10.2. The Kier molecular flexibility index (Phi) is 6.35. The molecule has 0 saturated heterocycles. The van der Waals surface area contributed by atoms with Gasteiger partial charge in [-0.05, 0) is 29.8 Å². The highest BCUT2D eigenvalue weighted by molar-refractivity contribution is 5.97. The molecule has 3 N–H and O–H groups in total. The number of halogens is 2. The molecule has 0 spiro atoms. The normalized spacial score (nSPS) is 10.7. The fourth-order valence-corrected chi connectivity index (χ4v) is 3.49. The summed E-state index contributed by atoms with van der Waals surface area (Å²) in [4.78, 5) is 24.2. The van der Waals surface area contributed by atoms with Crippen LogP contribution in [0.4, 0.5) is 14.6 Å². The average molecular weight is 462 g/mol. The number of anilines is 1. The van der Waals surface area contributed by atoms with Crippen molar-refractivity contribution in [2.24, 2.45) is 0 Å². The average Bonchev–Trinajstić information content (AvgIpc) is 3.20. The highest BCUT2D eigenvalue weighted by atomic mass is 19.1. The van der Waals surface area contributed by atoms with Gasteiger partial charge in [-0.15, -0.1) is 0 Å². The molecule has 1 heterocycles. The quantitative estimate of drug-likeness (QED) is 0.402. The third kappa shape index (κ3) is 4.36. The number of carbonyl (C=O) groups is 2. The molecule has 0 radical (unpaired) electrons. The number of hydrogen-bond donors (Lipinski definition) is 2. The molecule has 0 aliphatic heterocycles. The van der Waals surface area contributed by atoms with E-state index in [4.69, 9.17) is 10.5 Å². The van der Waals surface area contributed by atoms with Gasteiger partial charge in [-0.25, -0.2) is 13.5 Å². The van der Waals surface area contributed by atoms with Crippen LogP contribution < -0.4 is 15.8 Å². The van der Waals surface area contributed by atoms with Crippen molar-refractivity contribution >= 4 is 18.0 Å². The summed E-state index contributed by atoms with van der Waals surface area (Å²) in [5, 5.41) is 7.08. The zero-order valence-corrected chi connectivity index (χ0v) is 18.1. The van der Waals surface area contributed by atoms with Gasteiger partial charge in [0.25, 0.3) is 5.91 Å². The molecule has 3 aromatic carbocycles. The number of nitrogen functional groups attached to an aromatic ring is 1. The zero-order valence-electron chi connectivity index (χ0n) is 18.1. The van der Waals surface area contributed by atoms with Crippen molar-refractivity contribution in [3.8, 4) is 22.7 Å². The molecule has 4 rings (SSSR count). The summed E-state index contributed by atoms with van der Waals surface area (Å²) in [5.74, 6) is -1.32. The van der Waals surface area contributed by atoms with Crippen LogP contribution in [0.5, 0.6) is 5.75 Å². The van der Waals surface area contributed by atoms with E-state index in [-0.39, 0.29) is 35.2 Å². The van der Waals surface area contributed by atoms with E-state index in [0.29, 0.717) is 23.2 Å². The number of methoxy groups -OCH3 is 1. The Bertz CT molecular complexity index is 1370. The number of ether oxygens (including phenoxy) is 1. The van der Waals surface area contributed by atoms with E-state index in [1.807, 2.05) is 0 Å². The Morgan fingerprint density at radius 1 is 1.12 bits per heavy atom. The highest BCUT2D eigenvalue weighted by Crippen LogP contribution is 2.29. The third-order valence-electron chi connectivity index (χ3n) is 5.25. The lowest BCUT2D eigenvalue weighted by molar-refractivity contribution is 0.0947. The molecule has 0 fully saturated rings. The first-order valence-corrected chi connectivity index (χ1v) is 10.2. The number of nitrogens with two attached hydrogens (primary N) is 1. The van der Waals surface area contributed by atoms with Gasteiger partial charge in [-0.1, -0.05) is 36.4 Å². The van der Waals surface area contributed by atoms with E-state index >= 15 is 0 Å². The van der Waals surface area contributed by atoms with Crippen LogP contribution in [-0.4, -0.2) is 29.1 Å². The van der Waals surface area contributed by atoms with Crippen molar-refractivity contribution in [2.75, 3.05) is 12.8 Å². The molecule has 0 unspecified atom stereocenters. The second-order valence-corrected chi connectivity index (χ2v) is 7.35. The molecule has 0 atom stereocenters. The molecule has 1 aromatic heterocycles. The molecule has 1 amide bonds. The van der Waals surface area contributed by atoms with Gasteiger partial charge >= 0.3 is 0 Å². The Labute approximate surface area is 193 Å². The lowest BCUT2D eigenvalue weighted by Crippen LogP contribution is -2.23. The summed E-state index contributed by atoms with van der Waals surface area (Å²) in [6.45, 7) is 0.253. The molecule has 0 saturated carbocycles. The summed E-state index contributed by atoms with van der Waals surface area (Å²) < 4.78 is 34.1. The molecule has 0 aliphatic carbocycles. The predicted molar refractivity (Wildman–Crippen MR) is 123 cm³/mol. The lowest BCUT2D eigenvalue weighted by Gasteiger charge is -2.09. The molecule has 172 valence electrons. The smallest absolute Gasteiger partial charge is 0.255 e. The molecule has 34 heavy (non-hydrogen) atoms. The van der Waals surface area contributed by atoms with Crippen LogP contribution in [0, 0.1) is 11.6 Å². The van der Waals surface area contributed by atoms with Gasteiger partial charge in [0.05, 0.1) is 18.2 Å². The van der Waals surface area contributed by atoms with Crippen LogP contribution in [0.25, 0.3) is 16.9 Å². The van der Waals surface area contributed by atoms with Gasteiger partial charge in [0.15, 0.2) is 6.29 Å². The van der Waals surface area contributed by atoms with Crippen molar-refractivity contribution < 1.29 is 23.1 Å². The first-order chi connectivity index (χ1) is 16.4. The van der Waals surface area contributed by atoms with Gasteiger partial charge in [0.2, 0.25) is 0 Å². The van der Waals surface area contributed by atoms with Crippen molar-refractivity contribution in [3.05, 3.63) is 95.1 Å². The summed E-state index contributed by atoms with van der Waals surface area (Å²) in [6, 6.07) is 16.7. The highest BCUT2D eigenvalue weighted by Gasteiger charge is 2.20. The number of hydrogen-bond acceptors (Lipinski definition) is 5. The minimum absolute atomic E-state index is 0.0564. The molecule has 9 heteroatoms. The minimum atomic E-state index is -0.735. The second-order valence-electron chi connectivity index (χ2n) is 7.35. The summed E-state index contributed by atoms with van der Waals surface area (Å²) in [5.41, 5.74) is 7.85. The van der Waals surface area contributed by atoms with Gasteiger partial charge in [-0.3, -0.25) is 9.59 Å². The first kappa shape index (κ1) is 22.7. The second kappa shape index (κ2) is 9.53. The number of nitrogens with zero attached hydrogens (tertiary/aromatic N) is 2. The van der Waals surface area contributed by atoms with Gasteiger partial charge in [0, 0.05) is 18.2 Å². The minimum Gasteiger partial charge on any atom is -0.496 e. The Morgan fingerprint density at radius 3 is 2.56 bits per heavy atom. The maximum absolute atomic E-state index is 14.2. The maximum atomic E-state index is 14.2. The van der Waals surface area contributed by atoms with Crippen molar-refractivity contribution in [1.29, 1.82) is 0 Å². The molecular weight excluding hydrogens is 442 g/mol. The fraction of sp³-hybridized carbons (Fsp3) is 0.0800. The SMILES string of the molecule is COc1ccccc1C(=O)NCc1ccc(-c2nn(-c3cc(F)ccc3F)c(N)c2C=O)cc1. The number of carbonyl (C=O) groups excluding carboxylic acids is 2. The summed E-state index contributed by atoms with van der Waals surface area (Å²) in [7, 11) is 1.50. The van der Waals surface area contributed by atoms with Crippen LogP contribution in [0.15, 0.2) is 66.7 Å². The molecule has 4 aromatic rings. The number of nitrogens with one attached hydrogen (secondary N) is 1. The van der Waals surface area contributed by atoms with Gasteiger partial charge < -0.3 is 15.8 Å². The Morgan fingerprint density at radius 2 is 1.85 bits per heavy atom. The van der Waals surface area contributed by atoms with E-state index < -0.39 is 11.6 Å². The lowest BCUT2D eigenvalue weighted by atomic mass is 10.1. The van der Waals surface area contributed by atoms with Gasteiger partial charge in [-0.2, -0.15) is 5.10 Å². The number of aldehydes is 1. The van der Waals surface area contributed by atoms with E-state index in [0.717, 1.165) is 28.4 Å². The monoisotopic (exact) mass is 462 g/mol. The number of amides is 1. The van der Waals surface area contributed by atoms with Crippen LogP contribution in [0.1, 0.15) is 26.3 Å². The van der Waals surface area contributed by atoms with E-state index in [1.54, 1.807) is 48.5 Å². The largest absolute Gasteiger partial charge is 0.496 e. The number of benzene rings is 3. The summed E-state index contributed by atoms with van der Waals surface area (Å²) in [6.07, 6.45) is 0.521. The molecule has 0 bridgehead atoms. The fourth-order valence-electron chi connectivity index (χ4n) is 3.49. The number of para-hydroxylation sites is 1. The van der Waals surface area contributed by atoms with Gasteiger partial charge in [0.1, 0.15) is 34.6 Å². The molecule has 0 aliphatic rings. The van der Waals surface area contributed by atoms with Crippen LogP contribution in [0.3, 0.4) is 0 Å². The van der Waals surface area contributed by atoms with E-state index in [1.165, 1.54) is 7.11 Å². The van der Waals surface area contributed by atoms with Crippen LogP contribution in [0.2, 0.25) is 0 Å². The van der Waals surface area contributed by atoms with Crippen LogP contribution >= 0.6 is 0 Å². The summed E-state index contributed by atoms with van der Waals surface area (Å²) >= 11 is 0. The van der Waals surface area contributed by atoms with Crippen molar-refractivity contribution in [2.45, 2.75) is 6.54 Å². The number of rotatable bonds is 7. The van der Waals surface area contributed by atoms with Crippen LogP contribution in [-0.2, 0) is 6.54 Å². The zero-order chi connectivity index (χ0) is 24.2. The third-order valence-corrected chi connectivity index (χ3v) is 5.25. The van der Waals surface area contributed by atoms with E-state index in [9.17, 15) is 18.4 Å². The van der Waals surface area contributed by atoms with E-state index in [2.05, 4.69) is 10.4 Å². The van der Waals surface area contributed by atoms with Crippen molar-refractivity contribution in [1.82, 2.24) is 15.1 Å². The predicted octanol–water partition coefficient (Wildman–Crippen LogP) is 4.15. The topological polar surface area (TPSA) is 99.2 Å².